The number of nitrogens with one attached hydrogen (secondary N) is 1. The molecule has 2 rings (SSSR count). The molecule has 1 aromatic heterocycles. The van der Waals surface area contributed by atoms with E-state index in [1.54, 1.807) is 29.9 Å². The molecule has 0 radical (unpaired) electrons. The Hall–Kier alpha value is -1.10. The van der Waals surface area contributed by atoms with Crippen molar-refractivity contribution in [2.75, 3.05) is 6.54 Å². The Morgan fingerprint density at radius 2 is 2.10 bits per heavy atom. The minimum absolute atomic E-state index is 0.129. The van der Waals surface area contributed by atoms with Crippen LogP contribution in [0.5, 0.6) is 0 Å². The smallest absolute Gasteiger partial charge is 0.146 e. The van der Waals surface area contributed by atoms with E-state index < -0.39 is 0 Å². The molecule has 0 spiro atoms. The average molecular weight is 330 g/mol. The van der Waals surface area contributed by atoms with Crippen LogP contribution in [0.1, 0.15) is 29.8 Å². The maximum atomic E-state index is 14.3. The van der Waals surface area contributed by atoms with Crippen LogP contribution < -0.4 is 5.32 Å². The third-order valence-corrected chi connectivity index (χ3v) is 4.25. The summed E-state index contributed by atoms with van der Waals surface area (Å²) in [5, 5.41) is 8.29. The molecule has 0 aliphatic rings. The second-order valence-corrected chi connectivity index (χ2v) is 5.70. The lowest BCUT2D eigenvalue weighted by molar-refractivity contribution is 0.509. The molecule has 0 fully saturated rings. The van der Waals surface area contributed by atoms with Gasteiger partial charge in [0.25, 0.3) is 0 Å². The number of rotatable bonds is 5. The Kier molecular flexibility index (Phi) is 5.25. The molecular weight excluding hydrogens is 312 g/mol. The molecule has 0 saturated carbocycles. The number of nitrogens with zero attached hydrogens (tertiary/aromatic N) is 2. The SMILES string of the molecule is CCNC(Cc1c(C)nn(C)c1Cl)c1cccc(Cl)c1F. The molecule has 21 heavy (non-hydrogen) atoms. The number of halogens is 3. The second kappa shape index (κ2) is 6.77. The van der Waals surface area contributed by atoms with E-state index in [9.17, 15) is 4.39 Å². The Bertz CT molecular complexity index is 640. The van der Waals surface area contributed by atoms with Gasteiger partial charge in [0.05, 0.1) is 10.7 Å². The Balaban J connectivity index is 2.38. The normalized spacial score (nSPS) is 12.7. The maximum Gasteiger partial charge on any atom is 0.146 e. The van der Waals surface area contributed by atoms with Gasteiger partial charge in [-0.1, -0.05) is 42.3 Å². The Labute approximate surface area is 134 Å². The highest BCUT2D eigenvalue weighted by Gasteiger charge is 2.21. The quantitative estimate of drug-likeness (QED) is 0.896. The lowest BCUT2D eigenvalue weighted by Gasteiger charge is -2.19. The first kappa shape index (κ1) is 16.3. The summed E-state index contributed by atoms with van der Waals surface area (Å²) in [5.41, 5.74) is 2.32. The zero-order chi connectivity index (χ0) is 15.6. The molecule has 1 N–H and O–H groups in total. The predicted molar refractivity (Wildman–Crippen MR) is 84.5 cm³/mol. The van der Waals surface area contributed by atoms with E-state index in [1.165, 1.54) is 0 Å². The van der Waals surface area contributed by atoms with Gasteiger partial charge in [-0.25, -0.2) is 4.39 Å². The van der Waals surface area contributed by atoms with E-state index >= 15 is 0 Å². The zero-order valence-electron chi connectivity index (χ0n) is 12.3. The van der Waals surface area contributed by atoms with Crippen LogP contribution in [0.25, 0.3) is 0 Å². The van der Waals surface area contributed by atoms with Crippen molar-refractivity contribution in [3.05, 3.63) is 51.0 Å². The molecule has 1 atom stereocenters. The molecule has 114 valence electrons. The molecule has 0 amide bonds. The number of likely N-dealkylation sites (N-methyl/N-ethyl adjacent to an activating group) is 1. The van der Waals surface area contributed by atoms with Gasteiger partial charge in [-0.2, -0.15) is 5.10 Å². The predicted octanol–water partition coefficient (Wildman–Crippen LogP) is 4.07. The van der Waals surface area contributed by atoms with E-state index in [0.717, 1.165) is 11.3 Å². The van der Waals surface area contributed by atoms with Gasteiger partial charge in [0.1, 0.15) is 11.0 Å². The van der Waals surface area contributed by atoms with E-state index in [4.69, 9.17) is 23.2 Å². The fourth-order valence-electron chi connectivity index (χ4n) is 2.44. The summed E-state index contributed by atoms with van der Waals surface area (Å²) in [7, 11) is 1.79. The van der Waals surface area contributed by atoms with Gasteiger partial charge in [-0.15, -0.1) is 0 Å². The highest BCUT2D eigenvalue weighted by atomic mass is 35.5. The molecule has 0 bridgehead atoms. The van der Waals surface area contributed by atoms with Crippen molar-refractivity contribution in [1.29, 1.82) is 0 Å². The van der Waals surface area contributed by atoms with Crippen molar-refractivity contribution >= 4 is 23.2 Å². The van der Waals surface area contributed by atoms with Crippen molar-refractivity contribution in [2.45, 2.75) is 26.3 Å². The van der Waals surface area contributed by atoms with Crippen LogP contribution >= 0.6 is 23.2 Å². The van der Waals surface area contributed by atoms with Crippen molar-refractivity contribution in [1.82, 2.24) is 15.1 Å². The minimum Gasteiger partial charge on any atom is -0.310 e. The molecular formula is C15H18Cl2FN3. The third kappa shape index (κ3) is 3.39. The van der Waals surface area contributed by atoms with E-state index in [0.29, 0.717) is 23.7 Å². The fourth-order valence-corrected chi connectivity index (χ4v) is 2.87. The highest BCUT2D eigenvalue weighted by molar-refractivity contribution is 6.31. The first-order valence-corrected chi connectivity index (χ1v) is 7.56. The number of hydrogen-bond acceptors (Lipinski definition) is 2. The molecule has 0 aliphatic heterocycles. The molecule has 3 nitrogen and oxygen atoms in total. The summed E-state index contributed by atoms with van der Waals surface area (Å²) in [4.78, 5) is 0. The summed E-state index contributed by atoms with van der Waals surface area (Å²) >= 11 is 12.2. The third-order valence-electron chi connectivity index (χ3n) is 3.49. The molecule has 1 aromatic carbocycles. The van der Waals surface area contributed by atoms with Crippen molar-refractivity contribution in [3.63, 3.8) is 0 Å². The van der Waals surface area contributed by atoms with Crippen molar-refractivity contribution in [3.8, 4) is 0 Å². The molecule has 1 unspecified atom stereocenters. The lowest BCUT2D eigenvalue weighted by Crippen LogP contribution is -2.24. The zero-order valence-corrected chi connectivity index (χ0v) is 13.8. The van der Waals surface area contributed by atoms with Gasteiger partial charge in [0.15, 0.2) is 0 Å². The van der Waals surface area contributed by atoms with Gasteiger partial charge in [0, 0.05) is 24.2 Å². The Morgan fingerprint density at radius 1 is 1.38 bits per heavy atom. The maximum absolute atomic E-state index is 14.3. The molecule has 0 aliphatic carbocycles. The van der Waals surface area contributed by atoms with Gasteiger partial charge in [-0.05, 0) is 26.0 Å². The van der Waals surface area contributed by atoms with Crippen LogP contribution in [0.3, 0.4) is 0 Å². The molecule has 1 heterocycles. The van der Waals surface area contributed by atoms with Crippen molar-refractivity contribution < 1.29 is 4.39 Å². The largest absolute Gasteiger partial charge is 0.310 e. The first-order valence-electron chi connectivity index (χ1n) is 6.81. The summed E-state index contributed by atoms with van der Waals surface area (Å²) < 4.78 is 15.9. The summed E-state index contributed by atoms with van der Waals surface area (Å²) in [6.45, 7) is 4.60. The van der Waals surface area contributed by atoms with Crippen molar-refractivity contribution in [2.24, 2.45) is 7.05 Å². The Morgan fingerprint density at radius 3 is 2.67 bits per heavy atom. The lowest BCUT2D eigenvalue weighted by atomic mass is 9.98. The van der Waals surface area contributed by atoms with Crippen LogP contribution in [0.4, 0.5) is 4.39 Å². The van der Waals surface area contributed by atoms with Gasteiger partial charge in [0.2, 0.25) is 0 Å². The van der Waals surface area contributed by atoms with E-state index in [1.807, 2.05) is 13.8 Å². The number of benzene rings is 1. The number of aromatic nitrogens is 2. The summed E-state index contributed by atoms with van der Waals surface area (Å²) in [6, 6.07) is 4.84. The monoisotopic (exact) mass is 329 g/mol. The highest BCUT2D eigenvalue weighted by Crippen LogP contribution is 2.29. The molecule has 2 aromatic rings. The van der Waals surface area contributed by atoms with Crippen LogP contribution in [0.15, 0.2) is 18.2 Å². The summed E-state index contributed by atoms with van der Waals surface area (Å²) in [5.74, 6) is -0.386. The second-order valence-electron chi connectivity index (χ2n) is 4.94. The number of hydrogen-bond donors (Lipinski definition) is 1. The topological polar surface area (TPSA) is 29.9 Å². The van der Waals surface area contributed by atoms with E-state index in [-0.39, 0.29) is 16.9 Å². The van der Waals surface area contributed by atoms with Crippen LogP contribution in [-0.4, -0.2) is 16.3 Å². The van der Waals surface area contributed by atoms with Gasteiger partial charge >= 0.3 is 0 Å². The molecule has 0 saturated heterocycles. The fraction of sp³-hybridized carbons (Fsp3) is 0.400. The average Bonchev–Trinajstić information content (AvgIpc) is 2.68. The minimum atomic E-state index is -0.386. The van der Waals surface area contributed by atoms with Crippen LogP contribution in [-0.2, 0) is 13.5 Å². The summed E-state index contributed by atoms with van der Waals surface area (Å²) in [6.07, 6.45) is 0.559. The van der Waals surface area contributed by atoms with Crippen LogP contribution in [0, 0.1) is 12.7 Å². The van der Waals surface area contributed by atoms with Gasteiger partial charge < -0.3 is 5.32 Å². The van der Waals surface area contributed by atoms with Crippen LogP contribution in [0.2, 0.25) is 10.2 Å². The van der Waals surface area contributed by atoms with Gasteiger partial charge in [-0.3, -0.25) is 4.68 Å². The standard InChI is InChI=1S/C15H18Cl2FN3/c1-4-19-13(10-6-5-7-12(16)14(10)18)8-11-9(2)20-21(3)15(11)17/h5-7,13,19H,4,8H2,1-3H3. The first-order chi connectivity index (χ1) is 9.95. The molecule has 6 heteroatoms. The number of aryl methyl sites for hydroxylation is 2. The van der Waals surface area contributed by atoms with E-state index in [2.05, 4.69) is 10.4 Å².